The number of carbonyl (C=O) groups is 3. The average molecular weight is 252 g/mol. The van der Waals surface area contributed by atoms with E-state index in [0.29, 0.717) is 13.2 Å². The van der Waals surface area contributed by atoms with Crippen molar-refractivity contribution in [1.82, 2.24) is 10.6 Å². The summed E-state index contributed by atoms with van der Waals surface area (Å²) < 4.78 is 19.6. The SMILES string of the molecule is CCO[PH](=O)OCC.O=C1NC(=O)C(=O)N1. The fourth-order valence-electron chi connectivity index (χ4n) is 0.628. The van der Waals surface area contributed by atoms with Gasteiger partial charge in [0.2, 0.25) is 0 Å². The molecule has 0 aromatic carbocycles. The fourth-order valence-corrected chi connectivity index (χ4v) is 1.18. The van der Waals surface area contributed by atoms with E-state index in [1.54, 1.807) is 24.5 Å². The Bertz CT molecular complexity index is 279. The molecule has 0 atom stereocenters. The molecule has 16 heavy (non-hydrogen) atoms. The van der Waals surface area contributed by atoms with Crippen molar-refractivity contribution in [2.45, 2.75) is 13.8 Å². The van der Waals surface area contributed by atoms with E-state index >= 15 is 0 Å². The van der Waals surface area contributed by atoms with Crippen molar-refractivity contribution in [1.29, 1.82) is 0 Å². The molecule has 8 nitrogen and oxygen atoms in total. The van der Waals surface area contributed by atoms with E-state index < -0.39 is 26.1 Å². The summed E-state index contributed by atoms with van der Waals surface area (Å²) >= 11 is 0. The minimum absolute atomic E-state index is 0.456. The topological polar surface area (TPSA) is 111 Å². The average Bonchev–Trinajstić information content (AvgIpc) is 2.46. The van der Waals surface area contributed by atoms with Gasteiger partial charge in [-0.15, -0.1) is 0 Å². The predicted octanol–water partition coefficient (Wildman–Crippen LogP) is -0.199. The molecule has 0 aliphatic carbocycles. The molecule has 9 heteroatoms. The highest BCUT2D eigenvalue weighted by molar-refractivity contribution is 7.33. The second-order valence-electron chi connectivity index (χ2n) is 2.35. The number of nitrogens with one attached hydrogen (secondary N) is 2. The maximum atomic E-state index is 10.4. The van der Waals surface area contributed by atoms with Crippen molar-refractivity contribution in [3.63, 3.8) is 0 Å². The lowest BCUT2D eigenvalue weighted by molar-refractivity contribution is -0.135. The van der Waals surface area contributed by atoms with Crippen LogP contribution in [0.2, 0.25) is 0 Å². The molecule has 1 saturated heterocycles. The number of hydrogen-bond acceptors (Lipinski definition) is 6. The van der Waals surface area contributed by atoms with Crippen molar-refractivity contribution in [3.8, 4) is 0 Å². The van der Waals surface area contributed by atoms with Crippen molar-refractivity contribution in [2.75, 3.05) is 13.2 Å². The Morgan fingerprint density at radius 1 is 1.00 bits per heavy atom. The third kappa shape index (κ3) is 6.28. The summed E-state index contributed by atoms with van der Waals surface area (Å²) in [6.07, 6.45) is 0. The Labute approximate surface area is 92.6 Å². The maximum absolute atomic E-state index is 10.4. The van der Waals surface area contributed by atoms with Crippen molar-refractivity contribution in [2.24, 2.45) is 0 Å². The third-order valence-electron chi connectivity index (χ3n) is 1.18. The van der Waals surface area contributed by atoms with E-state index in [9.17, 15) is 18.9 Å². The van der Waals surface area contributed by atoms with Gasteiger partial charge in [0.05, 0.1) is 13.2 Å². The summed E-state index contributed by atoms with van der Waals surface area (Å²) in [7, 11) is -2.14. The molecular weight excluding hydrogens is 239 g/mol. The fraction of sp³-hybridized carbons (Fsp3) is 0.571. The van der Waals surface area contributed by atoms with Crippen LogP contribution in [0.1, 0.15) is 13.8 Å². The lowest BCUT2D eigenvalue weighted by Crippen LogP contribution is -2.22. The van der Waals surface area contributed by atoms with Gasteiger partial charge in [0.1, 0.15) is 0 Å². The second kappa shape index (κ2) is 7.98. The Morgan fingerprint density at radius 2 is 1.38 bits per heavy atom. The zero-order chi connectivity index (χ0) is 12.6. The molecular formula is C7H13N2O6P. The van der Waals surface area contributed by atoms with E-state index in [2.05, 4.69) is 9.05 Å². The Morgan fingerprint density at radius 3 is 1.56 bits per heavy atom. The molecule has 0 radical (unpaired) electrons. The first-order valence-corrected chi connectivity index (χ1v) is 5.69. The summed E-state index contributed by atoms with van der Waals surface area (Å²) in [5.74, 6) is -1.79. The van der Waals surface area contributed by atoms with Crippen molar-refractivity contribution >= 4 is 26.1 Å². The smallest absolute Gasteiger partial charge is 0.311 e. The van der Waals surface area contributed by atoms with E-state index in [0.717, 1.165) is 0 Å². The van der Waals surface area contributed by atoms with Crippen LogP contribution in [0.3, 0.4) is 0 Å². The molecule has 0 saturated carbocycles. The largest absolute Gasteiger partial charge is 0.328 e. The van der Waals surface area contributed by atoms with E-state index in [1.807, 2.05) is 0 Å². The number of imide groups is 2. The number of hydrogen-bond donors (Lipinski definition) is 2. The highest BCUT2D eigenvalue weighted by atomic mass is 31.1. The molecule has 1 fully saturated rings. The standard InChI is InChI=1S/C4H11O3P.C3H2N2O3/c1-3-6-8(5)7-4-2;6-1-2(7)5-3(8)4-1/h8H,3-4H2,1-2H3;(H2,4,5,6,7,8). The van der Waals surface area contributed by atoms with Crippen LogP contribution in [0.5, 0.6) is 0 Å². The van der Waals surface area contributed by atoms with Gasteiger partial charge in [0.15, 0.2) is 0 Å². The lowest BCUT2D eigenvalue weighted by atomic mass is 10.6. The van der Waals surface area contributed by atoms with Gasteiger partial charge in [-0.2, -0.15) is 0 Å². The van der Waals surface area contributed by atoms with E-state index in [1.165, 1.54) is 0 Å². The molecule has 0 spiro atoms. The van der Waals surface area contributed by atoms with Gasteiger partial charge in [-0.25, -0.2) is 4.79 Å². The van der Waals surface area contributed by atoms with Crippen LogP contribution in [-0.2, 0) is 23.2 Å². The lowest BCUT2D eigenvalue weighted by Gasteiger charge is -1.97. The molecule has 2 N–H and O–H groups in total. The summed E-state index contributed by atoms with van der Waals surface area (Å²) in [6.45, 7) is 4.47. The summed E-state index contributed by atoms with van der Waals surface area (Å²) in [5, 5.41) is 3.46. The molecule has 0 aromatic rings. The number of amides is 4. The summed E-state index contributed by atoms with van der Waals surface area (Å²) in [5.41, 5.74) is 0. The van der Waals surface area contributed by atoms with Crippen LogP contribution >= 0.6 is 8.25 Å². The quantitative estimate of drug-likeness (QED) is 0.407. The van der Waals surface area contributed by atoms with Crippen molar-refractivity contribution in [3.05, 3.63) is 0 Å². The van der Waals surface area contributed by atoms with Crippen LogP contribution in [-0.4, -0.2) is 31.1 Å². The molecule has 0 unspecified atom stereocenters. The van der Waals surface area contributed by atoms with Crippen LogP contribution in [0.15, 0.2) is 0 Å². The van der Waals surface area contributed by atoms with Crippen LogP contribution in [0, 0.1) is 0 Å². The third-order valence-corrected chi connectivity index (χ3v) is 2.23. The first-order chi connectivity index (χ1) is 7.51. The maximum Gasteiger partial charge on any atom is 0.328 e. The molecule has 0 bridgehead atoms. The van der Waals surface area contributed by atoms with Crippen LogP contribution in [0.25, 0.3) is 0 Å². The molecule has 92 valence electrons. The van der Waals surface area contributed by atoms with Crippen LogP contribution in [0.4, 0.5) is 4.79 Å². The first kappa shape index (κ1) is 14.8. The zero-order valence-electron chi connectivity index (χ0n) is 8.86. The van der Waals surface area contributed by atoms with Gasteiger partial charge >= 0.3 is 26.1 Å². The highest BCUT2D eigenvalue weighted by Gasteiger charge is 2.25. The molecule has 1 aliphatic heterocycles. The minimum atomic E-state index is -2.14. The number of carbonyl (C=O) groups excluding carboxylic acids is 3. The predicted molar refractivity (Wildman–Crippen MR) is 53.9 cm³/mol. The van der Waals surface area contributed by atoms with Crippen molar-refractivity contribution < 1.29 is 28.0 Å². The minimum Gasteiger partial charge on any atom is -0.311 e. The van der Waals surface area contributed by atoms with Gasteiger partial charge < -0.3 is 9.05 Å². The second-order valence-corrected chi connectivity index (χ2v) is 3.43. The van der Waals surface area contributed by atoms with Gasteiger partial charge in [-0.1, -0.05) is 0 Å². The van der Waals surface area contributed by atoms with E-state index in [4.69, 9.17) is 0 Å². The monoisotopic (exact) mass is 252 g/mol. The molecule has 0 aromatic heterocycles. The van der Waals surface area contributed by atoms with Crippen LogP contribution < -0.4 is 10.6 Å². The molecule has 1 rings (SSSR count). The Balaban J connectivity index is 0.000000281. The molecule has 1 aliphatic rings. The summed E-state index contributed by atoms with van der Waals surface area (Å²) in [6, 6.07) is -0.750. The van der Waals surface area contributed by atoms with Gasteiger partial charge in [-0.05, 0) is 13.8 Å². The van der Waals surface area contributed by atoms with Gasteiger partial charge in [-0.3, -0.25) is 24.8 Å². The Hall–Kier alpha value is -1.24. The molecule has 4 amide bonds. The van der Waals surface area contributed by atoms with Gasteiger partial charge in [0, 0.05) is 0 Å². The first-order valence-electron chi connectivity index (χ1n) is 4.47. The number of rotatable bonds is 4. The van der Waals surface area contributed by atoms with E-state index in [-0.39, 0.29) is 0 Å². The number of urea groups is 1. The Kier molecular flexibility index (Phi) is 7.36. The highest BCUT2D eigenvalue weighted by Crippen LogP contribution is 2.21. The van der Waals surface area contributed by atoms with Gasteiger partial charge in [0.25, 0.3) is 0 Å². The normalized spacial score (nSPS) is 14.3. The zero-order valence-corrected chi connectivity index (χ0v) is 9.86. The molecule has 1 heterocycles. The summed E-state index contributed by atoms with van der Waals surface area (Å²) in [4.78, 5) is 30.1.